The Morgan fingerprint density at radius 1 is 1.05 bits per heavy atom. The molecule has 3 heterocycles. The van der Waals surface area contributed by atoms with Crippen LogP contribution in [0.3, 0.4) is 0 Å². The smallest absolute Gasteiger partial charge is 0.253 e. The first-order valence-electron chi connectivity index (χ1n) is 14.8. The molecule has 3 amide bonds. The summed E-state index contributed by atoms with van der Waals surface area (Å²) in [5.41, 5.74) is 3.50. The molecule has 2 aliphatic heterocycles. The maximum absolute atomic E-state index is 12.3. The van der Waals surface area contributed by atoms with Crippen LogP contribution in [0.25, 0.3) is 10.9 Å². The van der Waals surface area contributed by atoms with Gasteiger partial charge in [0.2, 0.25) is 10.9 Å². The number of nitrogens with one attached hydrogen (secondary N) is 2. The van der Waals surface area contributed by atoms with Crippen molar-refractivity contribution in [2.75, 3.05) is 19.6 Å². The number of aromatic hydroxyl groups is 1. The fourth-order valence-electron chi connectivity index (χ4n) is 5.40. The van der Waals surface area contributed by atoms with Gasteiger partial charge in [-0.05, 0) is 64.0 Å². The first-order valence-corrected chi connectivity index (χ1v) is 15.7. The molecule has 1 aromatic heterocycles. The Morgan fingerprint density at radius 3 is 2.38 bits per heavy atom. The number of unbranched alkanes of at least 4 members (excludes halogenated alkanes) is 2. The number of amides is 3. The number of carbonyl (C=O) groups is 3. The summed E-state index contributed by atoms with van der Waals surface area (Å²) in [4.78, 5) is 42.7. The summed E-state index contributed by atoms with van der Waals surface area (Å²) in [6, 6.07) is 4.29. The van der Waals surface area contributed by atoms with Crippen molar-refractivity contribution in [3.63, 3.8) is 0 Å². The molecule has 0 saturated carbocycles. The highest BCUT2D eigenvalue weighted by molar-refractivity contribution is 7.80. The zero-order valence-corrected chi connectivity index (χ0v) is 26.8. The van der Waals surface area contributed by atoms with Crippen LogP contribution in [0.5, 0.6) is 5.75 Å². The fourth-order valence-corrected chi connectivity index (χ4v) is 6.57. The number of imide groups is 1. The molecule has 2 aliphatic rings. The highest BCUT2D eigenvalue weighted by Crippen LogP contribution is 2.38. The Bertz CT molecular complexity index is 1300. The summed E-state index contributed by atoms with van der Waals surface area (Å²) in [6.07, 6.45) is 7.13. The van der Waals surface area contributed by atoms with Crippen LogP contribution in [-0.4, -0.2) is 73.5 Å². The van der Waals surface area contributed by atoms with Crippen molar-refractivity contribution in [2.45, 2.75) is 102 Å². The summed E-state index contributed by atoms with van der Waals surface area (Å²) >= 11 is 1.25. The topological polar surface area (TPSA) is 136 Å². The molecule has 0 radical (unpaired) electrons. The summed E-state index contributed by atoms with van der Waals surface area (Å²) in [7, 11) is 0. The Labute approximate surface area is 253 Å². The van der Waals surface area contributed by atoms with E-state index in [0.29, 0.717) is 44.3 Å². The van der Waals surface area contributed by atoms with E-state index in [2.05, 4.69) is 62.8 Å². The van der Waals surface area contributed by atoms with Gasteiger partial charge < -0.3 is 20.9 Å². The minimum Gasteiger partial charge on any atom is -0.870 e. The maximum Gasteiger partial charge on any atom is 0.253 e. The number of H-pyrrole nitrogens is 1. The summed E-state index contributed by atoms with van der Waals surface area (Å²) in [5.74, 6) is -0.139. The molecule has 0 spiro atoms. The third kappa shape index (κ3) is 9.09. The summed E-state index contributed by atoms with van der Waals surface area (Å²) in [6.45, 7) is 16.2. The van der Waals surface area contributed by atoms with Gasteiger partial charge in [0.15, 0.2) is 0 Å². The van der Waals surface area contributed by atoms with Crippen LogP contribution in [0.4, 0.5) is 0 Å². The summed E-state index contributed by atoms with van der Waals surface area (Å²) < 4.78 is 0.122. The second-order valence-electron chi connectivity index (χ2n) is 13.7. The summed E-state index contributed by atoms with van der Waals surface area (Å²) in [5, 5.41) is 16.3. The van der Waals surface area contributed by atoms with Crippen molar-refractivity contribution in [2.24, 2.45) is 5.41 Å². The first kappa shape index (κ1) is 33.7. The number of carbonyl (C=O) groups excluding carboxylic acids is 3. The van der Waals surface area contributed by atoms with Gasteiger partial charge in [-0.25, -0.2) is 0 Å². The van der Waals surface area contributed by atoms with E-state index in [1.54, 1.807) is 0 Å². The van der Waals surface area contributed by atoms with Gasteiger partial charge in [-0.3, -0.25) is 24.2 Å². The molecule has 9 nitrogen and oxygen atoms in total. The van der Waals surface area contributed by atoms with E-state index in [4.69, 9.17) is 0 Å². The van der Waals surface area contributed by atoms with Crippen LogP contribution in [0.1, 0.15) is 84.8 Å². The number of phenolic OH excluding ortho intramolecular Hbond substituents is 1. The van der Waals surface area contributed by atoms with Crippen LogP contribution in [0, 0.1) is 5.41 Å². The Hall–Kier alpha value is -2.82. The van der Waals surface area contributed by atoms with Gasteiger partial charge in [0.25, 0.3) is 11.8 Å². The van der Waals surface area contributed by atoms with E-state index >= 15 is 0 Å². The number of rotatable bonds is 13. The third-order valence-corrected chi connectivity index (χ3v) is 8.75. The third-order valence-electron chi connectivity index (χ3n) is 7.47. The molecule has 2 aromatic rings. The number of hydrogen-bond acceptors (Lipinski definition) is 6. The van der Waals surface area contributed by atoms with Crippen LogP contribution in [0.15, 0.2) is 29.3 Å². The zero-order chi connectivity index (χ0) is 29.9. The predicted molar refractivity (Wildman–Crippen MR) is 168 cm³/mol. The highest BCUT2D eigenvalue weighted by atomic mass is 32.2. The van der Waals surface area contributed by atoms with Gasteiger partial charge in [0.05, 0.1) is 5.52 Å². The van der Waals surface area contributed by atoms with Gasteiger partial charge in [-0.15, -0.1) is 0 Å². The SMILES string of the molecule is CC(C)(C)Cc1c([SH+]C(C)(C)C)[nH]c2c(CN3CC3CCNC(=O)CCCCCN3C(=O)C=CC3=O)c(O)ccc12.[OH-]. The lowest BCUT2D eigenvalue weighted by atomic mass is 9.88. The molecular weight excluding hydrogens is 552 g/mol. The lowest BCUT2D eigenvalue weighted by Crippen LogP contribution is -2.30. The lowest BCUT2D eigenvalue weighted by molar-refractivity contribution is -0.137. The van der Waals surface area contributed by atoms with Gasteiger partial charge >= 0.3 is 0 Å². The van der Waals surface area contributed by atoms with E-state index in [-0.39, 0.29) is 33.4 Å². The average molecular weight is 601 g/mol. The van der Waals surface area contributed by atoms with Crippen molar-refractivity contribution in [3.05, 3.63) is 35.4 Å². The second-order valence-corrected chi connectivity index (χ2v) is 15.7. The number of fused-ring (bicyclic) bond motifs is 1. The molecule has 0 aliphatic carbocycles. The largest absolute Gasteiger partial charge is 0.870 e. The lowest BCUT2D eigenvalue weighted by Gasteiger charge is -2.18. The molecule has 232 valence electrons. The number of nitrogens with zero attached hydrogens (tertiary/aromatic N) is 2. The molecule has 1 aromatic carbocycles. The maximum atomic E-state index is 12.3. The van der Waals surface area contributed by atoms with Crippen LogP contribution < -0.4 is 5.32 Å². The highest BCUT2D eigenvalue weighted by Gasteiger charge is 2.35. The fraction of sp³-hybridized carbons (Fsp3) is 0.594. The number of hydrogen-bond donors (Lipinski definition) is 3. The number of aromatic nitrogens is 1. The Kier molecular flexibility index (Phi) is 10.9. The van der Waals surface area contributed by atoms with Crippen LogP contribution in [-0.2, 0) is 39.1 Å². The van der Waals surface area contributed by atoms with Crippen molar-refractivity contribution in [3.8, 4) is 5.75 Å². The standard InChI is InChI=1S/C32H46N4O4S.H2O/c1-31(2,3)18-23-22-11-12-25(37)24(29(22)34-30(23)41-32(4,5)6)20-35-19-21(35)15-16-33-26(38)10-8-7-9-17-36-27(39)13-14-28(36)40;/h11-14,21,34,37H,7-10,15-20H2,1-6H3,(H,33,38);1H2. The number of phenols is 1. The van der Waals surface area contributed by atoms with Crippen molar-refractivity contribution in [1.82, 2.24) is 20.1 Å². The molecule has 1 saturated heterocycles. The normalized spacial score (nSPS) is 18.6. The average Bonchev–Trinajstić information content (AvgIpc) is 3.41. The second kappa shape index (κ2) is 13.7. The molecule has 10 heteroatoms. The van der Waals surface area contributed by atoms with Crippen molar-refractivity contribution in [1.29, 1.82) is 0 Å². The molecule has 2 atom stereocenters. The molecule has 4 rings (SSSR count). The van der Waals surface area contributed by atoms with E-state index in [1.807, 2.05) is 6.07 Å². The molecule has 1 fully saturated rings. The van der Waals surface area contributed by atoms with Gasteiger partial charge in [-0.2, -0.15) is 0 Å². The molecule has 4 N–H and O–H groups in total. The van der Waals surface area contributed by atoms with E-state index < -0.39 is 0 Å². The van der Waals surface area contributed by atoms with Gasteiger partial charge in [-0.1, -0.05) is 27.2 Å². The van der Waals surface area contributed by atoms with E-state index in [0.717, 1.165) is 43.3 Å². The first-order chi connectivity index (χ1) is 19.2. The Balaban J connectivity index is 0.00000484. The molecule has 42 heavy (non-hydrogen) atoms. The number of aromatic amines is 1. The van der Waals surface area contributed by atoms with Crippen LogP contribution >= 0.6 is 0 Å². The minimum atomic E-state index is -0.253. The molecular formula is C32H48N4O5S. The minimum absolute atomic E-state index is 0. The number of benzene rings is 1. The monoisotopic (exact) mass is 600 g/mol. The van der Waals surface area contributed by atoms with E-state index in [9.17, 15) is 19.5 Å². The predicted octanol–water partition coefficient (Wildman–Crippen LogP) is 4.43. The van der Waals surface area contributed by atoms with E-state index in [1.165, 1.54) is 44.8 Å². The zero-order valence-electron chi connectivity index (χ0n) is 25.9. The molecule has 0 bridgehead atoms. The quantitative estimate of drug-likeness (QED) is 0.102. The van der Waals surface area contributed by atoms with Gasteiger partial charge in [0, 0.05) is 79.1 Å². The van der Waals surface area contributed by atoms with Crippen LogP contribution in [0.2, 0.25) is 0 Å². The van der Waals surface area contributed by atoms with Gasteiger partial charge in [0.1, 0.15) is 10.5 Å². The van der Waals surface area contributed by atoms with Crippen molar-refractivity contribution < 1.29 is 25.0 Å². The Morgan fingerprint density at radius 2 is 1.74 bits per heavy atom. The molecule has 2 unspecified atom stereocenters. The van der Waals surface area contributed by atoms with Crippen molar-refractivity contribution >= 4 is 40.4 Å². The number of thiol groups is 1.